The summed E-state index contributed by atoms with van der Waals surface area (Å²) in [4.78, 5) is 0. The Kier molecular flexibility index (Phi) is 12.1. The molecule has 92 valence electrons. The Hall–Kier alpha value is -0.0957. The van der Waals surface area contributed by atoms with Crippen LogP contribution in [0.2, 0.25) is 0 Å². The quantitative estimate of drug-likeness (QED) is 0.344. The van der Waals surface area contributed by atoms with E-state index in [4.69, 9.17) is 0 Å². The van der Waals surface area contributed by atoms with Gasteiger partial charge in [-0.2, -0.15) is 29.8 Å². The molecule has 1 heterocycles. The van der Waals surface area contributed by atoms with Gasteiger partial charge in [0.05, 0.1) is 0 Å². The average Bonchev–Trinajstić information content (AvgIpc) is 2.92. The van der Waals surface area contributed by atoms with E-state index in [0.29, 0.717) is 0 Å². The predicted octanol–water partition coefficient (Wildman–Crippen LogP) is -1.61. The fourth-order valence-corrected chi connectivity index (χ4v) is 2.03. The Labute approximate surface area is 137 Å². The number of rotatable bonds is 0. The van der Waals surface area contributed by atoms with Crippen LogP contribution in [0.15, 0.2) is 54.3 Å². The van der Waals surface area contributed by atoms with Crippen LogP contribution >= 0.6 is 8.19 Å². The first-order chi connectivity index (χ1) is 7.38. The molecule has 0 radical (unpaired) electrons. The monoisotopic (exact) mass is 330 g/mol. The van der Waals surface area contributed by atoms with Crippen molar-refractivity contribution in [2.75, 3.05) is 0 Å². The van der Waals surface area contributed by atoms with Crippen molar-refractivity contribution in [3.8, 4) is 0 Å². The second kappa shape index (κ2) is 10.8. The van der Waals surface area contributed by atoms with Crippen LogP contribution in [0.1, 0.15) is 5.56 Å². The van der Waals surface area contributed by atoms with Crippen molar-refractivity contribution in [2.45, 2.75) is 6.92 Å². The topological polar surface area (TPSA) is 0 Å². The van der Waals surface area contributed by atoms with Crippen LogP contribution in [0.4, 0.5) is 0 Å². The van der Waals surface area contributed by atoms with Crippen LogP contribution in [-0.2, 0) is 21.7 Å². The van der Waals surface area contributed by atoms with Crippen molar-refractivity contribution in [1.82, 2.24) is 0 Å². The normalized spacial score (nSPS) is 8.50. The molecule has 4 heteroatoms. The van der Waals surface area contributed by atoms with Crippen LogP contribution in [0, 0.1) is 12.7 Å². The molecule has 0 saturated carbocycles. The number of fused-ring (bicyclic) bond motifs is 1. The molecule has 1 atom stereocenters. The minimum atomic E-state index is 0. The van der Waals surface area contributed by atoms with Crippen LogP contribution in [0.25, 0.3) is 10.8 Å². The molecule has 0 bridgehead atoms. The molecule has 0 aliphatic carbocycles. The summed E-state index contributed by atoms with van der Waals surface area (Å²) in [5.41, 5.74) is 1.37. The van der Waals surface area contributed by atoms with E-state index in [2.05, 4.69) is 54.9 Å². The van der Waals surface area contributed by atoms with Gasteiger partial charge in [-0.1, -0.05) is 13.0 Å². The Balaban J connectivity index is 0. The fraction of sp³-hybridized carbons (Fsp3) is 0.0714. The van der Waals surface area contributed by atoms with Gasteiger partial charge in [0.2, 0.25) is 0 Å². The van der Waals surface area contributed by atoms with E-state index in [-0.39, 0.29) is 46.5 Å². The standard InChI is InChI=1S/C10H9.C4H4P.2ClH.Ti/c1-8-6-7-9-4-2-3-5-10(8)9;1-2-4-5-3-1;;;/h2-7H,1H3;1-3,5H;2*1H;/q2*-1;;;+4/p-2. The van der Waals surface area contributed by atoms with E-state index < -0.39 is 0 Å². The van der Waals surface area contributed by atoms with Crippen molar-refractivity contribution >= 4 is 19.0 Å². The predicted molar refractivity (Wildman–Crippen MR) is 69.1 cm³/mol. The average molecular weight is 331 g/mol. The van der Waals surface area contributed by atoms with Gasteiger partial charge in [0.25, 0.3) is 0 Å². The molecule has 0 aliphatic rings. The summed E-state index contributed by atoms with van der Waals surface area (Å²) in [6.07, 6.45) is 0. The largest absolute Gasteiger partial charge is 4.00 e. The molecule has 3 aromatic rings. The van der Waals surface area contributed by atoms with E-state index >= 15 is 0 Å². The first-order valence-electron chi connectivity index (χ1n) is 4.98. The first-order valence-corrected chi connectivity index (χ1v) is 6.06. The molecular formula is C14H13Cl2PTi. The van der Waals surface area contributed by atoms with Gasteiger partial charge in [0.1, 0.15) is 0 Å². The number of aryl methyl sites for hydroxylation is 1. The molecule has 1 aromatic heterocycles. The Morgan fingerprint density at radius 1 is 1.06 bits per heavy atom. The molecule has 0 aliphatic heterocycles. The smallest absolute Gasteiger partial charge is 1.00 e. The zero-order valence-corrected chi connectivity index (χ0v) is 14.0. The summed E-state index contributed by atoms with van der Waals surface area (Å²) in [6.45, 7) is 2.14. The van der Waals surface area contributed by atoms with Crippen LogP contribution < -0.4 is 24.8 Å². The summed E-state index contributed by atoms with van der Waals surface area (Å²) < 4.78 is 0. The van der Waals surface area contributed by atoms with Crippen molar-refractivity contribution in [3.05, 3.63) is 65.7 Å². The number of benzene rings is 1. The second-order valence-electron chi connectivity index (χ2n) is 3.42. The summed E-state index contributed by atoms with van der Waals surface area (Å²) in [5, 5.41) is 2.72. The van der Waals surface area contributed by atoms with Gasteiger partial charge in [-0.25, -0.2) is 6.07 Å². The van der Waals surface area contributed by atoms with Gasteiger partial charge in [-0.3, -0.25) is 8.19 Å². The molecular weight excluding hydrogens is 318 g/mol. The molecule has 0 N–H and O–H groups in total. The van der Waals surface area contributed by atoms with E-state index in [1.54, 1.807) is 0 Å². The third kappa shape index (κ3) is 5.70. The maximum absolute atomic E-state index is 3.01. The summed E-state index contributed by atoms with van der Waals surface area (Å²) >= 11 is 0. The van der Waals surface area contributed by atoms with E-state index in [1.807, 2.05) is 12.1 Å². The van der Waals surface area contributed by atoms with E-state index in [9.17, 15) is 0 Å². The Morgan fingerprint density at radius 3 is 2.28 bits per heavy atom. The van der Waals surface area contributed by atoms with Crippen molar-refractivity contribution in [2.24, 2.45) is 0 Å². The summed E-state index contributed by atoms with van der Waals surface area (Å²) in [5.74, 6) is 5.11. The zero-order chi connectivity index (χ0) is 10.5. The van der Waals surface area contributed by atoms with Crippen LogP contribution in [-0.4, -0.2) is 0 Å². The molecule has 18 heavy (non-hydrogen) atoms. The maximum atomic E-state index is 3.01. The van der Waals surface area contributed by atoms with E-state index in [1.165, 1.54) is 16.3 Å². The van der Waals surface area contributed by atoms with Gasteiger partial charge in [0, 0.05) is 0 Å². The molecule has 1 unspecified atom stereocenters. The third-order valence-electron chi connectivity index (χ3n) is 2.34. The molecule has 0 spiro atoms. The third-order valence-corrected chi connectivity index (χ3v) is 3.03. The fourth-order valence-electron chi connectivity index (χ4n) is 1.55. The van der Waals surface area contributed by atoms with Gasteiger partial charge in [-0.15, -0.1) is 34.5 Å². The van der Waals surface area contributed by atoms with Gasteiger partial charge in [0.15, 0.2) is 0 Å². The van der Waals surface area contributed by atoms with Crippen LogP contribution in [0.5, 0.6) is 0 Å². The molecule has 0 fully saturated rings. The first kappa shape index (κ1) is 20.2. The van der Waals surface area contributed by atoms with E-state index in [0.717, 1.165) is 8.19 Å². The summed E-state index contributed by atoms with van der Waals surface area (Å²) in [7, 11) is 0.823. The molecule has 2 aromatic carbocycles. The van der Waals surface area contributed by atoms with Gasteiger partial charge < -0.3 is 24.8 Å². The molecule has 0 amide bonds. The van der Waals surface area contributed by atoms with Crippen molar-refractivity contribution in [3.63, 3.8) is 0 Å². The molecule has 0 saturated heterocycles. The number of hydrogen-bond donors (Lipinski definition) is 0. The molecule has 3 rings (SSSR count). The van der Waals surface area contributed by atoms with Gasteiger partial charge >= 0.3 is 21.7 Å². The van der Waals surface area contributed by atoms with Gasteiger partial charge in [-0.05, 0) is 0 Å². The van der Waals surface area contributed by atoms with Crippen LogP contribution in [0.3, 0.4) is 0 Å². The Bertz CT molecular complexity index is 500. The second-order valence-corrected chi connectivity index (χ2v) is 4.33. The van der Waals surface area contributed by atoms with Crippen molar-refractivity contribution in [1.29, 1.82) is 0 Å². The number of hydrogen-bond acceptors (Lipinski definition) is 0. The zero-order valence-electron chi connectivity index (χ0n) is 9.95. The SMILES string of the molecule is C[c-]1ccc2ccccc21.[Cl-].[Cl-].[Ti+4].[c-]1ccc[pH]1. The summed E-state index contributed by atoms with van der Waals surface area (Å²) in [6, 6.07) is 16.7. The minimum Gasteiger partial charge on any atom is -1.00 e. The van der Waals surface area contributed by atoms with Crippen molar-refractivity contribution < 1.29 is 46.5 Å². The maximum Gasteiger partial charge on any atom is 4.00 e. The Morgan fingerprint density at radius 2 is 1.78 bits per heavy atom. The molecule has 0 nitrogen and oxygen atoms in total. The minimum absolute atomic E-state index is 0. The number of halogens is 2.